The summed E-state index contributed by atoms with van der Waals surface area (Å²) in [4.78, 5) is 51.1. The normalized spacial score (nSPS) is 8.53. The van der Waals surface area contributed by atoms with Crippen LogP contribution in [0.25, 0.3) is 0 Å². The van der Waals surface area contributed by atoms with E-state index in [0.29, 0.717) is 25.7 Å². The minimum absolute atomic E-state index is 0. The molecule has 2 aromatic heterocycles. The lowest BCUT2D eigenvalue weighted by Gasteiger charge is -2.01. The van der Waals surface area contributed by atoms with Crippen molar-refractivity contribution in [2.45, 2.75) is 65.2 Å². The molecule has 10 N–H and O–H groups in total. The summed E-state index contributed by atoms with van der Waals surface area (Å²) < 4.78 is 0. The standard InChI is InChI=1S/2C6H10O4.2C4H6N2.2H2O/c2*7-5(8)3-1-2-4-6(9)10;2*1-4-5-2-3-6-4;;/h2*1-4H2,(H,7,8)(H,9,10);2*2-3H,1H3,(H,5,6);2*1H2. The van der Waals surface area contributed by atoms with E-state index < -0.39 is 23.9 Å². The lowest BCUT2D eigenvalue weighted by atomic mass is 10.2. The van der Waals surface area contributed by atoms with Gasteiger partial charge in [0.1, 0.15) is 24.8 Å². The Balaban J connectivity index is -0.000000177. The lowest BCUT2D eigenvalue weighted by Crippen LogP contribution is -2.23. The molecule has 0 spiro atoms. The van der Waals surface area contributed by atoms with Crippen LogP contribution in [0, 0.1) is 13.8 Å². The van der Waals surface area contributed by atoms with E-state index in [2.05, 4.69) is 19.9 Å². The molecule has 0 atom stereocenters. The average Bonchev–Trinajstić information content (AvgIpc) is 3.37. The van der Waals surface area contributed by atoms with Crippen LogP contribution in [-0.2, 0) is 19.2 Å². The zero-order chi connectivity index (χ0) is 24.8. The highest BCUT2D eigenvalue weighted by atomic mass is 16.4. The van der Waals surface area contributed by atoms with E-state index >= 15 is 0 Å². The van der Waals surface area contributed by atoms with E-state index in [1.165, 1.54) is 0 Å². The topological polar surface area (TPSA) is 278 Å². The van der Waals surface area contributed by atoms with Crippen LogP contribution in [0.3, 0.4) is 0 Å². The third kappa shape index (κ3) is 35.6. The van der Waals surface area contributed by atoms with Gasteiger partial charge in [0.05, 0.1) is 0 Å². The molecule has 0 aliphatic heterocycles. The maximum Gasteiger partial charge on any atom is 0.303 e. The van der Waals surface area contributed by atoms with Crippen LogP contribution in [0.1, 0.15) is 63.0 Å². The number of aliphatic carboxylic acids is 4. The molecule has 0 saturated heterocycles. The molecule has 0 aliphatic rings. The SMILES string of the molecule is Cc1[nH]cc[nH+]1.Cc1[nH]cc[nH+]1.O.O.O=C(O)CCCCC(=O)O.O=C([O-])CCCCC(=O)[O-]. The van der Waals surface area contributed by atoms with Crippen LogP contribution in [0.15, 0.2) is 24.8 Å². The predicted molar refractivity (Wildman–Crippen MR) is 114 cm³/mol. The van der Waals surface area contributed by atoms with Gasteiger partial charge in [-0.1, -0.05) is 0 Å². The smallest absolute Gasteiger partial charge is 0.303 e. The number of aromatic nitrogens is 4. The molecule has 2 rings (SSSR count). The van der Waals surface area contributed by atoms with Crippen molar-refractivity contribution < 1.29 is 60.5 Å². The maximum atomic E-state index is 9.90. The second kappa shape index (κ2) is 25.5. The van der Waals surface area contributed by atoms with Gasteiger partial charge in [-0.25, -0.2) is 19.9 Å². The molecule has 14 nitrogen and oxygen atoms in total. The highest BCUT2D eigenvalue weighted by Gasteiger charge is 1.99. The number of aromatic amines is 4. The zero-order valence-electron chi connectivity index (χ0n) is 19.3. The van der Waals surface area contributed by atoms with Crippen molar-refractivity contribution >= 4 is 23.9 Å². The Bertz CT molecular complexity index is 653. The van der Waals surface area contributed by atoms with E-state index in [1.54, 1.807) is 0 Å². The van der Waals surface area contributed by atoms with Gasteiger partial charge < -0.3 is 41.0 Å². The van der Waals surface area contributed by atoms with E-state index in [1.807, 2.05) is 38.6 Å². The minimum Gasteiger partial charge on any atom is -0.550 e. The van der Waals surface area contributed by atoms with Gasteiger partial charge in [-0.15, -0.1) is 0 Å². The number of carboxylic acids is 4. The summed E-state index contributed by atoms with van der Waals surface area (Å²) in [5.41, 5.74) is 0. The number of rotatable bonds is 10. The Hall–Kier alpha value is -3.78. The van der Waals surface area contributed by atoms with Crippen LogP contribution in [0.5, 0.6) is 0 Å². The zero-order valence-corrected chi connectivity index (χ0v) is 19.3. The summed E-state index contributed by atoms with van der Waals surface area (Å²) in [6.07, 6.45) is 8.98. The summed E-state index contributed by atoms with van der Waals surface area (Å²) in [5, 5.41) is 35.8. The number of unbranched alkanes of at least 4 members (excludes halogenated alkanes) is 2. The number of carbonyl (C=O) groups is 4. The molecular weight excluding hydrogens is 456 g/mol. The third-order valence-corrected chi connectivity index (χ3v) is 3.41. The fraction of sp³-hybridized carbons (Fsp3) is 0.500. The first-order valence-corrected chi connectivity index (χ1v) is 9.91. The second-order valence-corrected chi connectivity index (χ2v) is 6.44. The number of hydrogen-bond acceptors (Lipinski definition) is 6. The quantitative estimate of drug-likeness (QED) is 0.254. The van der Waals surface area contributed by atoms with Crippen molar-refractivity contribution in [1.29, 1.82) is 0 Å². The minimum atomic E-state index is -1.14. The van der Waals surface area contributed by atoms with Crippen molar-refractivity contribution in [2.24, 2.45) is 0 Å². The van der Waals surface area contributed by atoms with Gasteiger partial charge in [-0.3, -0.25) is 9.59 Å². The third-order valence-electron chi connectivity index (χ3n) is 3.41. The molecule has 0 radical (unpaired) electrons. The van der Waals surface area contributed by atoms with E-state index in [0.717, 1.165) is 11.6 Å². The van der Waals surface area contributed by atoms with Crippen LogP contribution in [0.4, 0.5) is 0 Å². The number of nitrogens with one attached hydrogen (secondary N) is 4. The second-order valence-electron chi connectivity index (χ2n) is 6.44. The van der Waals surface area contributed by atoms with Gasteiger partial charge in [0, 0.05) is 38.6 Å². The molecular formula is C20H36N4O10. The van der Waals surface area contributed by atoms with Gasteiger partial charge in [0.15, 0.2) is 0 Å². The van der Waals surface area contributed by atoms with Crippen LogP contribution < -0.4 is 20.2 Å². The van der Waals surface area contributed by atoms with Crippen molar-refractivity contribution in [3.8, 4) is 0 Å². The fourth-order valence-corrected chi connectivity index (χ4v) is 1.84. The Morgan fingerprint density at radius 3 is 1.15 bits per heavy atom. The van der Waals surface area contributed by atoms with Gasteiger partial charge in [-0.2, -0.15) is 0 Å². The van der Waals surface area contributed by atoms with Gasteiger partial charge in [-0.05, 0) is 38.5 Å². The van der Waals surface area contributed by atoms with Gasteiger partial charge in [0.25, 0.3) is 0 Å². The number of imidazole rings is 2. The summed E-state index contributed by atoms with van der Waals surface area (Å²) in [6.45, 7) is 3.94. The van der Waals surface area contributed by atoms with Crippen molar-refractivity contribution in [1.82, 2.24) is 9.97 Å². The van der Waals surface area contributed by atoms with Gasteiger partial charge >= 0.3 is 11.9 Å². The van der Waals surface area contributed by atoms with Crippen molar-refractivity contribution in [3.05, 3.63) is 36.4 Å². The van der Waals surface area contributed by atoms with Crippen LogP contribution >= 0.6 is 0 Å². The molecule has 2 heterocycles. The van der Waals surface area contributed by atoms with E-state index in [4.69, 9.17) is 10.2 Å². The molecule has 0 bridgehead atoms. The number of aryl methyl sites for hydroxylation is 2. The lowest BCUT2D eigenvalue weighted by molar-refractivity contribution is -0.385. The van der Waals surface area contributed by atoms with Crippen LogP contribution in [0.2, 0.25) is 0 Å². The highest BCUT2D eigenvalue weighted by Crippen LogP contribution is 1.98. The largest absolute Gasteiger partial charge is 0.550 e. The average molecular weight is 493 g/mol. The molecule has 2 aromatic rings. The summed E-state index contributed by atoms with van der Waals surface area (Å²) in [5.74, 6) is -1.84. The molecule has 0 amide bonds. The Morgan fingerprint density at radius 2 is 1.00 bits per heavy atom. The number of H-pyrrole nitrogens is 4. The summed E-state index contributed by atoms with van der Waals surface area (Å²) >= 11 is 0. The predicted octanol–water partition coefficient (Wildman–Crippen LogP) is -2.61. The first-order valence-electron chi connectivity index (χ1n) is 9.91. The molecule has 0 fully saturated rings. The number of carboxylic acid groups (broad SMARTS) is 4. The maximum absolute atomic E-state index is 9.90. The van der Waals surface area contributed by atoms with Crippen LogP contribution in [-0.4, -0.2) is 55.0 Å². The number of carbonyl (C=O) groups excluding carboxylic acids is 2. The molecule has 34 heavy (non-hydrogen) atoms. The van der Waals surface area contributed by atoms with E-state index in [9.17, 15) is 29.4 Å². The molecule has 0 aliphatic carbocycles. The summed E-state index contributed by atoms with van der Waals surface area (Å²) in [6, 6.07) is 0. The Labute approximate surface area is 196 Å². The Kier molecular flexibility index (Phi) is 28.1. The van der Waals surface area contributed by atoms with Crippen molar-refractivity contribution in [2.75, 3.05) is 0 Å². The monoisotopic (exact) mass is 492 g/mol. The molecule has 14 heteroatoms. The molecule has 0 unspecified atom stereocenters. The number of hydrogen-bond donors (Lipinski definition) is 4. The first-order chi connectivity index (χ1) is 15.0. The molecule has 0 aromatic carbocycles. The van der Waals surface area contributed by atoms with E-state index in [-0.39, 0.29) is 36.6 Å². The van der Waals surface area contributed by atoms with Crippen molar-refractivity contribution in [3.63, 3.8) is 0 Å². The molecule has 0 saturated carbocycles. The highest BCUT2D eigenvalue weighted by molar-refractivity contribution is 5.68. The Morgan fingerprint density at radius 1 is 0.706 bits per heavy atom. The molecule has 196 valence electrons. The van der Waals surface area contributed by atoms with Gasteiger partial charge in [0.2, 0.25) is 11.6 Å². The first kappa shape index (κ1) is 37.5. The fourth-order valence-electron chi connectivity index (χ4n) is 1.84. The summed E-state index contributed by atoms with van der Waals surface area (Å²) in [7, 11) is 0.